The van der Waals surface area contributed by atoms with Crippen molar-refractivity contribution in [2.45, 2.75) is 86.8 Å². The molecule has 4 rings (SSSR count). The van der Waals surface area contributed by atoms with Crippen molar-refractivity contribution in [2.75, 3.05) is 0 Å². The minimum absolute atomic E-state index is 0.222. The minimum atomic E-state index is -3.90. The largest absolute Gasteiger partial charge is 0.251 e. The van der Waals surface area contributed by atoms with Crippen molar-refractivity contribution < 1.29 is 16.8 Å². The van der Waals surface area contributed by atoms with Crippen molar-refractivity contribution in [3.8, 4) is 0 Å². The molecule has 0 aliphatic heterocycles. The molecule has 0 saturated heterocycles. The summed E-state index contributed by atoms with van der Waals surface area (Å²) in [6, 6.07) is 10.7. The van der Waals surface area contributed by atoms with E-state index in [1.54, 1.807) is 24.3 Å². The molecule has 2 fully saturated rings. The molecule has 2 N–H and O–H groups in total. The van der Waals surface area contributed by atoms with E-state index in [2.05, 4.69) is 8.25 Å². The molecule has 2 aromatic carbocycles. The lowest BCUT2D eigenvalue weighted by Gasteiger charge is -2.18. The van der Waals surface area contributed by atoms with Gasteiger partial charge in [0.05, 0.1) is 9.79 Å². The highest BCUT2D eigenvalue weighted by atomic mass is 32.3. The Morgan fingerprint density at radius 1 is 0.667 bits per heavy atom. The molecule has 0 amide bonds. The van der Waals surface area contributed by atoms with Gasteiger partial charge in [0.25, 0.3) is 20.0 Å². The van der Waals surface area contributed by atoms with Gasteiger partial charge >= 0.3 is 0 Å². The molecule has 0 heterocycles. The van der Waals surface area contributed by atoms with Crippen LogP contribution in [-0.4, -0.2) is 16.8 Å². The fourth-order valence-electron chi connectivity index (χ4n) is 5.15. The van der Waals surface area contributed by atoms with Crippen LogP contribution in [0.1, 0.15) is 85.5 Å². The number of sulfonamides is 2. The Morgan fingerprint density at radius 3 is 1.39 bits per heavy atom. The van der Waals surface area contributed by atoms with Gasteiger partial charge in [0, 0.05) is 12.1 Å². The van der Waals surface area contributed by atoms with E-state index in [4.69, 9.17) is 0 Å². The van der Waals surface area contributed by atoms with Crippen LogP contribution in [0.3, 0.4) is 0 Å². The molecule has 180 valence electrons. The molecular formula is C24H32N2O4S3. The van der Waals surface area contributed by atoms with Gasteiger partial charge in [0.1, 0.15) is 0 Å². The highest BCUT2D eigenvalue weighted by Crippen LogP contribution is 2.39. The van der Waals surface area contributed by atoms with Crippen LogP contribution in [0.25, 0.3) is 0 Å². The zero-order valence-corrected chi connectivity index (χ0v) is 21.6. The topological polar surface area (TPSA) is 92.3 Å². The molecule has 0 unspecified atom stereocenters. The van der Waals surface area contributed by atoms with Gasteiger partial charge in [0.15, 0.2) is 0 Å². The van der Waals surface area contributed by atoms with Crippen LogP contribution in [0.5, 0.6) is 0 Å². The fourth-order valence-corrected chi connectivity index (χ4v) is 8.76. The maximum Gasteiger partial charge on any atom is 0.251 e. The summed E-state index contributed by atoms with van der Waals surface area (Å²) in [7, 11) is -7.79. The number of benzene rings is 2. The normalized spacial score (nSPS) is 18.2. The first-order chi connectivity index (χ1) is 15.7. The van der Waals surface area contributed by atoms with Crippen LogP contribution in [0.2, 0.25) is 0 Å². The van der Waals surface area contributed by atoms with Gasteiger partial charge in [-0.15, -0.1) is 8.25 Å². The maximum absolute atomic E-state index is 13.1. The summed E-state index contributed by atoms with van der Waals surface area (Å²) >= 11 is 0.492. The van der Waals surface area contributed by atoms with E-state index in [-0.39, 0.29) is 21.6 Å². The third-order valence-corrected chi connectivity index (χ3v) is 11.1. The van der Waals surface area contributed by atoms with Crippen LogP contribution in [0.4, 0.5) is 0 Å². The van der Waals surface area contributed by atoms with E-state index in [0.29, 0.717) is 12.1 Å². The highest BCUT2D eigenvalue weighted by Gasteiger charge is 2.29. The van der Waals surface area contributed by atoms with E-state index in [1.807, 2.05) is 26.0 Å². The SMILES string of the molecule is Cc1ccc(S(=O)(=O)NSNS(=O)(=O)c2ccc(C)cc2C2CCCC2)c(C2CCCC2)c1. The molecule has 2 aliphatic rings. The summed E-state index contributed by atoms with van der Waals surface area (Å²) in [5.74, 6) is 0.444. The van der Waals surface area contributed by atoms with E-state index in [9.17, 15) is 16.8 Å². The molecule has 0 aromatic heterocycles. The van der Waals surface area contributed by atoms with E-state index in [1.165, 1.54) is 0 Å². The molecule has 6 nitrogen and oxygen atoms in total. The molecular weight excluding hydrogens is 476 g/mol. The van der Waals surface area contributed by atoms with E-state index in [0.717, 1.165) is 73.6 Å². The van der Waals surface area contributed by atoms with Crippen molar-refractivity contribution in [3.05, 3.63) is 58.7 Å². The Kier molecular flexibility index (Phi) is 7.55. The zero-order valence-electron chi connectivity index (χ0n) is 19.1. The van der Waals surface area contributed by atoms with Gasteiger partial charge in [0.2, 0.25) is 0 Å². The zero-order chi connectivity index (χ0) is 23.6. The molecule has 0 radical (unpaired) electrons. The summed E-state index contributed by atoms with van der Waals surface area (Å²) in [6.07, 6.45) is 8.29. The molecule has 0 bridgehead atoms. The van der Waals surface area contributed by atoms with Crippen molar-refractivity contribution in [2.24, 2.45) is 0 Å². The maximum atomic E-state index is 13.1. The second kappa shape index (κ2) is 10.1. The van der Waals surface area contributed by atoms with Crippen LogP contribution < -0.4 is 8.25 Å². The summed E-state index contributed by atoms with van der Waals surface area (Å²) in [5, 5.41) is 0. The van der Waals surface area contributed by atoms with Crippen LogP contribution in [-0.2, 0) is 20.0 Å². The average Bonchev–Trinajstić information content (AvgIpc) is 3.47. The number of rotatable bonds is 8. The summed E-state index contributed by atoms with van der Waals surface area (Å²) in [5.41, 5.74) is 3.68. The molecule has 2 aliphatic carbocycles. The quantitative estimate of drug-likeness (QED) is 0.463. The molecule has 33 heavy (non-hydrogen) atoms. The van der Waals surface area contributed by atoms with Gasteiger partial charge in [-0.05, 0) is 74.6 Å². The summed E-state index contributed by atoms with van der Waals surface area (Å²) < 4.78 is 57.2. The monoisotopic (exact) mass is 508 g/mol. The highest BCUT2D eigenvalue weighted by molar-refractivity contribution is 8.14. The number of aryl methyl sites for hydroxylation is 2. The van der Waals surface area contributed by atoms with Gasteiger partial charge in [-0.2, -0.15) is 0 Å². The molecule has 9 heteroatoms. The van der Waals surface area contributed by atoms with E-state index < -0.39 is 20.0 Å². The van der Waals surface area contributed by atoms with Gasteiger partial charge in [-0.25, -0.2) is 16.8 Å². The van der Waals surface area contributed by atoms with Crippen molar-refractivity contribution >= 4 is 32.2 Å². The number of hydrogen-bond acceptors (Lipinski definition) is 5. The number of hydrogen-bond donors (Lipinski definition) is 2. The van der Waals surface area contributed by atoms with Gasteiger partial charge < -0.3 is 0 Å². The Hall–Kier alpha value is -1.39. The lowest BCUT2D eigenvalue weighted by Crippen LogP contribution is -2.27. The Balaban J connectivity index is 1.52. The van der Waals surface area contributed by atoms with Crippen LogP contribution in [0, 0.1) is 13.8 Å². The van der Waals surface area contributed by atoms with Gasteiger partial charge in [-0.3, -0.25) is 0 Å². The standard InChI is InChI=1S/C24H32N2O4S3/c1-17-11-13-23(21(15-17)19-7-3-4-8-19)32(27,28)25-31-26-33(29,30)24-14-12-18(2)16-22(24)20-9-5-6-10-20/h11-16,19-20,25-26H,3-10H2,1-2H3. The van der Waals surface area contributed by atoms with Crippen molar-refractivity contribution in [3.63, 3.8) is 0 Å². The number of nitrogens with one attached hydrogen (secondary N) is 2. The predicted molar refractivity (Wildman–Crippen MR) is 133 cm³/mol. The first-order valence-corrected chi connectivity index (χ1v) is 15.4. The second-order valence-corrected chi connectivity index (χ2v) is 13.8. The van der Waals surface area contributed by atoms with E-state index >= 15 is 0 Å². The average molecular weight is 509 g/mol. The summed E-state index contributed by atoms with van der Waals surface area (Å²) in [4.78, 5) is 0.461. The predicted octanol–water partition coefficient (Wildman–Crippen LogP) is 5.44. The van der Waals surface area contributed by atoms with Crippen LogP contribution >= 0.6 is 12.1 Å². The molecule has 2 aromatic rings. The molecule has 2 saturated carbocycles. The lowest BCUT2D eigenvalue weighted by atomic mass is 9.96. The fraction of sp³-hybridized carbons (Fsp3) is 0.500. The first-order valence-electron chi connectivity index (χ1n) is 11.6. The molecule has 0 spiro atoms. The third kappa shape index (κ3) is 5.65. The van der Waals surface area contributed by atoms with Crippen LogP contribution in [0.15, 0.2) is 46.2 Å². The third-order valence-electron chi connectivity index (χ3n) is 6.80. The smallest absolute Gasteiger partial charge is 0.206 e. The first kappa shape index (κ1) is 24.7. The second-order valence-electron chi connectivity index (χ2n) is 9.32. The minimum Gasteiger partial charge on any atom is -0.206 e. The van der Waals surface area contributed by atoms with Crippen molar-refractivity contribution in [1.82, 2.24) is 8.25 Å². The molecule has 0 atom stereocenters. The van der Waals surface area contributed by atoms with Gasteiger partial charge in [-0.1, -0.05) is 61.1 Å². The Bertz CT molecular complexity index is 1120. The lowest BCUT2D eigenvalue weighted by molar-refractivity contribution is 0.589. The Labute approximate surface area is 202 Å². The van der Waals surface area contributed by atoms with Crippen molar-refractivity contribution in [1.29, 1.82) is 0 Å². The summed E-state index contributed by atoms with van der Waals surface area (Å²) in [6.45, 7) is 3.91. The Morgan fingerprint density at radius 2 is 1.03 bits per heavy atom.